The van der Waals surface area contributed by atoms with Crippen LogP contribution in [0.1, 0.15) is 15.9 Å². The van der Waals surface area contributed by atoms with E-state index in [4.69, 9.17) is 16.3 Å². The first-order valence-electron chi connectivity index (χ1n) is 9.68. The van der Waals surface area contributed by atoms with Gasteiger partial charge in [-0.05, 0) is 36.8 Å². The van der Waals surface area contributed by atoms with Crippen molar-refractivity contribution >= 4 is 40.2 Å². The first kappa shape index (κ1) is 20.1. The van der Waals surface area contributed by atoms with Gasteiger partial charge in [0.1, 0.15) is 5.52 Å². The lowest BCUT2D eigenvalue weighted by Gasteiger charge is -2.36. The number of hydrogen-bond donors (Lipinski definition) is 0. The van der Waals surface area contributed by atoms with Crippen LogP contribution >= 0.6 is 11.6 Å². The second-order valence-corrected chi connectivity index (χ2v) is 7.54. The van der Waals surface area contributed by atoms with Gasteiger partial charge in [0, 0.05) is 49.3 Å². The van der Waals surface area contributed by atoms with Gasteiger partial charge in [-0.1, -0.05) is 23.7 Å². The second-order valence-electron chi connectivity index (χ2n) is 7.10. The Kier molecular flexibility index (Phi) is 5.81. The van der Waals surface area contributed by atoms with E-state index in [0.717, 1.165) is 11.3 Å². The molecular weight excluding hydrogens is 404 g/mol. The highest BCUT2D eigenvalue weighted by atomic mass is 35.5. The van der Waals surface area contributed by atoms with Crippen LogP contribution in [-0.2, 0) is 9.53 Å². The molecule has 154 valence electrons. The van der Waals surface area contributed by atoms with Crippen molar-refractivity contribution in [3.63, 3.8) is 0 Å². The van der Waals surface area contributed by atoms with Gasteiger partial charge >= 0.3 is 5.97 Å². The molecule has 1 aliphatic rings. The van der Waals surface area contributed by atoms with Crippen molar-refractivity contribution < 1.29 is 14.3 Å². The number of nitrogens with zero attached hydrogens (tertiary/aromatic N) is 4. The molecule has 0 spiro atoms. The van der Waals surface area contributed by atoms with Crippen LogP contribution in [-0.4, -0.2) is 59.5 Å². The molecule has 0 aliphatic carbocycles. The van der Waals surface area contributed by atoms with Crippen LogP contribution in [0.25, 0.3) is 11.0 Å². The summed E-state index contributed by atoms with van der Waals surface area (Å²) in [7, 11) is 0. The van der Waals surface area contributed by atoms with Crippen LogP contribution in [0.3, 0.4) is 0 Å². The Hall–Kier alpha value is -3.19. The lowest BCUT2D eigenvalue weighted by atomic mass is 10.1. The van der Waals surface area contributed by atoms with E-state index in [1.807, 2.05) is 25.1 Å². The summed E-state index contributed by atoms with van der Waals surface area (Å²) >= 11 is 6.12. The molecule has 0 unspecified atom stereocenters. The van der Waals surface area contributed by atoms with Crippen LogP contribution < -0.4 is 4.90 Å². The predicted molar refractivity (Wildman–Crippen MR) is 115 cm³/mol. The fourth-order valence-corrected chi connectivity index (χ4v) is 3.74. The fraction of sp³-hybridized carbons (Fsp3) is 0.273. The summed E-state index contributed by atoms with van der Waals surface area (Å²) in [5, 5.41) is 0.694. The Morgan fingerprint density at radius 3 is 2.63 bits per heavy atom. The van der Waals surface area contributed by atoms with Gasteiger partial charge in [0.2, 0.25) is 0 Å². The molecule has 0 radical (unpaired) electrons. The maximum Gasteiger partial charge on any atom is 0.340 e. The predicted octanol–water partition coefficient (Wildman–Crippen LogP) is 3.10. The fourth-order valence-electron chi connectivity index (χ4n) is 3.57. The molecule has 0 atom stereocenters. The summed E-state index contributed by atoms with van der Waals surface area (Å²) in [5.41, 5.74) is 3.59. The van der Waals surface area contributed by atoms with Gasteiger partial charge in [-0.2, -0.15) is 0 Å². The van der Waals surface area contributed by atoms with Crippen molar-refractivity contribution in [3.8, 4) is 0 Å². The van der Waals surface area contributed by atoms with Crippen molar-refractivity contribution in [3.05, 3.63) is 64.9 Å². The highest BCUT2D eigenvalue weighted by Crippen LogP contribution is 2.25. The van der Waals surface area contributed by atoms with Crippen molar-refractivity contribution in [2.45, 2.75) is 6.92 Å². The second kappa shape index (κ2) is 8.67. The third kappa shape index (κ3) is 4.21. The molecule has 4 rings (SSSR count). The number of fused-ring (bicyclic) bond motifs is 1. The smallest absolute Gasteiger partial charge is 0.340 e. The molecule has 0 bridgehead atoms. The Balaban J connectivity index is 1.34. The molecule has 1 aromatic heterocycles. The number of halogens is 1. The Labute approximate surface area is 179 Å². The number of aryl methyl sites for hydroxylation is 1. The number of para-hydroxylation sites is 1. The van der Waals surface area contributed by atoms with Gasteiger partial charge in [-0.3, -0.25) is 14.8 Å². The summed E-state index contributed by atoms with van der Waals surface area (Å²) in [6.45, 7) is 4.25. The number of carbonyl (C=O) groups excluding carboxylic acids is 2. The number of hydrogen-bond acceptors (Lipinski definition) is 6. The molecule has 8 heteroatoms. The summed E-state index contributed by atoms with van der Waals surface area (Å²) in [5.74, 6) is -0.792. The number of amides is 1. The third-order valence-corrected chi connectivity index (χ3v) is 5.42. The van der Waals surface area contributed by atoms with E-state index in [1.54, 1.807) is 29.3 Å². The number of aromatic nitrogens is 2. The number of benzene rings is 2. The molecule has 0 saturated carbocycles. The quantitative estimate of drug-likeness (QED) is 0.599. The summed E-state index contributed by atoms with van der Waals surface area (Å²) in [6, 6.07) is 10.9. The van der Waals surface area contributed by atoms with Crippen LogP contribution in [0.4, 0.5) is 5.69 Å². The maximum atomic E-state index is 12.5. The van der Waals surface area contributed by atoms with Crippen molar-refractivity contribution in [1.82, 2.24) is 14.9 Å². The topological polar surface area (TPSA) is 75.6 Å². The molecule has 1 amide bonds. The zero-order valence-corrected chi connectivity index (χ0v) is 17.3. The number of rotatable bonds is 4. The van der Waals surface area contributed by atoms with Crippen molar-refractivity contribution in [1.29, 1.82) is 0 Å². The summed E-state index contributed by atoms with van der Waals surface area (Å²) in [6.07, 6.45) is 3.08. The van der Waals surface area contributed by atoms with E-state index < -0.39 is 5.97 Å². The molecule has 2 aromatic carbocycles. The number of ether oxygens (including phenoxy) is 1. The Bertz CT molecular complexity index is 1090. The van der Waals surface area contributed by atoms with Crippen LogP contribution in [0.5, 0.6) is 0 Å². The van der Waals surface area contributed by atoms with E-state index in [1.165, 1.54) is 6.20 Å². The van der Waals surface area contributed by atoms with Gasteiger partial charge in [0.15, 0.2) is 6.61 Å². The van der Waals surface area contributed by atoms with E-state index in [9.17, 15) is 9.59 Å². The van der Waals surface area contributed by atoms with E-state index >= 15 is 0 Å². The third-order valence-electron chi connectivity index (χ3n) is 5.19. The number of piperazine rings is 1. The SMILES string of the molecule is Cc1ccc(Cl)cc1N1CCN(C(=O)COC(=O)c2cccc3nccnc23)CC1. The van der Waals surface area contributed by atoms with Gasteiger partial charge in [-0.15, -0.1) is 0 Å². The van der Waals surface area contributed by atoms with Gasteiger partial charge in [-0.25, -0.2) is 4.79 Å². The van der Waals surface area contributed by atoms with Crippen LogP contribution in [0.15, 0.2) is 48.8 Å². The zero-order chi connectivity index (χ0) is 21.1. The summed E-state index contributed by atoms with van der Waals surface area (Å²) in [4.78, 5) is 37.3. The van der Waals surface area contributed by atoms with Gasteiger partial charge in [0.05, 0.1) is 11.1 Å². The maximum absolute atomic E-state index is 12.5. The van der Waals surface area contributed by atoms with Crippen molar-refractivity contribution in [2.24, 2.45) is 0 Å². The first-order valence-corrected chi connectivity index (χ1v) is 10.1. The minimum Gasteiger partial charge on any atom is -0.452 e. The minimum absolute atomic E-state index is 0.211. The molecule has 2 heterocycles. The molecule has 30 heavy (non-hydrogen) atoms. The zero-order valence-electron chi connectivity index (χ0n) is 16.5. The van der Waals surface area contributed by atoms with Crippen LogP contribution in [0.2, 0.25) is 5.02 Å². The highest BCUT2D eigenvalue weighted by Gasteiger charge is 2.23. The van der Waals surface area contributed by atoms with E-state index in [-0.39, 0.29) is 12.5 Å². The highest BCUT2D eigenvalue weighted by molar-refractivity contribution is 6.30. The van der Waals surface area contributed by atoms with E-state index in [0.29, 0.717) is 47.8 Å². The molecule has 7 nitrogen and oxygen atoms in total. The monoisotopic (exact) mass is 424 g/mol. The average Bonchev–Trinajstić information content (AvgIpc) is 2.78. The normalized spacial score (nSPS) is 14.1. The first-order chi connectivity index (χ1) is 14.5. The lowest BCUT2D eigenvalue weighted by molar-refractivity contribution is -0.134. The average molecular weight is 425 g/mol. The molecule has 3 aromatic rings. The number of carbonyl (C=O) groups is 2. The van der Waals surface area contributed by atoms with Crippen LogP contribution in [0, 0.1) is 6.92 Å². The van der Waals surface area contributed by atoms with E-state index in [2.05, 4.69) is 14.9 Å². The molecule has 0 N–H and O–H groups in total. The van der Waals surface area contributed by atoms with Gasteiger partial charge < -0.3 is 14.5 Å². The molecule has 1 fully saturated rings. The lowest BCUT2D eigenvalue weighted by Crippen LogP contribution is -2.50. The largest absolute Gasteiger partial charge is 0.452 e. The molecule has 1 aliphatic heterocycles. The number of esters is 1. The molecular formula is C22H21ClN4O3. The molecule has 1 saturated heterocycles. The van der Waals surface area contributed by atoms with Gasteiger partial charge in [0.25, 0.3) is 5.91 Å². The van der Waals surface area contributed by atoms with Crippen molar-refractivity contribution in [2.75, 3.05) is 37.7 Å². The summed E-state index contributed by atoms with van der Waals surface area (Å²) < 4.78 is 5.27. The number of anilines is 1. The minimum atomic E-state index is -0.581. The Morgan fingerprint density at radius 2 is 1.83 bits per heavy atom. The standard InChI is InChI=1S/C22H21ClN4O3/c1-15-5-6-16(23)13-19(15)26-9-11-27(12-10-26)20(28)14-30-22(29)17-3-2-4-18-21(17)25-8-7-24-18/h2-8,13H,9-12,14H2,1H3. The Morgan fingerprint density at radius 1 is 1.07 bits per heavy atom.